The van der Waals surface area contributed by atoms with Gasteiger partial charge in [0.1, 0.15) is 0 Å². The van der Waals surface area contributed by atoms with Crippen molar-refractivity contribution in [3.63, 3.8) is 0 Å². The quantitative estimate of drug-likeness (QED) is 0.536. The molecule has 0 spiro atoms. The number of rotatable bonds is 5. The Morgan fingerprint density at radius 1 is 1.71 bits per heavy atom. The first-order valence-corrected chi connectivity index (χ1v) is 5.03. The smallest absolute Gasteiger partial charge is 0.306 e. The Balaban J connectivity index is 2.44. The van der Waals surface area contributed by atoms with Crippen LogP contribution in [0.4, 0.5) is 0 Å². The SMILES string of the molecule is C/C=C/[C@@H](CC(=O)OC)[C@H]1C[C@@H]1CO. The third kappa shape index (κ3) is 2.84. The molecule has 0 aromatic rings. The summed E-state index contributed by atoms with van der Waals surface area (Å²) in [4.78, 5) is 11.1. The van der Waals surface area contributed by atoms with Gasteiger partial charge >= 0.3 is 5.97 Å². The Morgan fingerprint density at radius 2 is 2.43 bits per heavy atom. The highest BCUT2D eigenvalue weighted by Crippen LogP contribution is 2.45. The summed E-state index contributed by atoms with van der Waals surface area (Å²) in [6, 6.07) is 0. The number of aliphatic hydroxyl groups is 1. The minimum absolute atomic E-state index is 0.170. The van der Waals surface area contributed by atoms with Gasteiger partial charge in [-0.2, -0.15) is 0 Å². The second kappa shape index (κ2) is 5.15. The first kappa shape index (κ1) is 11.2. The van der Waals surface area contributed by atoms with E-state index in [1.54, 1.807) is 0 Å². The molecule has 0 aromatic carbocycles. The van der Waals surface area contributed by atoms with Crippen LogP contribution in [0, 0.1) is 17.8 Å². The summed E-state index contributed by atoms with van der Waals surface area (Å²) in [5.74, 6) is 0.928. The molecule has 1 saturated carbocycles. The number of methoxy groups -OCH3 is 1. The molecule has 14 heavy (non-hydrogen) atoms. The van der Waals surface area contributed by atoms with Crippen LogP contribution in [-0.2, 0) is 9.53 Å². The zero-order chi connectivity index (χ0) is 10.6. The van der Waals surface area contributed by atoms with Crippen LogP contribution in [0.15, 0.2) is 12.2 Å². The second-order valence-electron chi connectivity index (χ2n) is 3.81. The molecule has 80 valence electrons. The number of hydrogen-bond donors (Lipinski definition) is 1. The number of ether oxygens (including phenoxy) is 1. The fraction of sp³-hybridized carbons (Fsp3) is 0.727. The molecule has 1 rings (SSSR count). The van der Waals surface area contributed by atoms with Gasteiger partial charge in [-0.15, -0.1) is 0 Å². The van der Waals surface area contributed by atoms with Crippen LogP contribution < -0.4 is 0 Å². The van der Waals surface area contributed by atoms with E-state index in [1.165, 1.54) is 7.11 Å². The van der Waals surface area contributed by atoms with E-state index in [1.807, 2.05) is 19.1 Å². The summed E-state index contributed by atoms with van der Waals surface area (Å²) < 4.78 is 4.64. The minimum Gasteiger partial charge on any atom is -0.469 e. The lowest BCUT2D eigenvalue weighted by atomic mass is 9.97. The number of esters is 1. The van der Waals surface area contributed by atoms with E-state index < -0.39 is 0 Å². The van der Waals surface area contributed by atoms with E-state index in [0.29, 0.717) is 18.3 Å². The Hall–Kier alpha value is -0.830. The maximum Gasteiger partial charge on any atom is 0.306 e. The van der Waals surface area contributed by atoms with Crippen LogP contribution >= 0.6 is 0 Å². The van der Waals surface area contributed by atoms with Crippen LogP contribution in [0.2, 0.25) is 0 Å². The molecule has 3 heteroatoms. The summed E-state index contributed by atoms with van der Waals surface area (Å²) >= 11 is 0. The van der Waals surface area contributed by atoms with E-state index in [9.17, 15) is 4.79 Å². The van der Waals surface area contributed by atoms with E-state index in [4.69, 9.17) is 5.11 Å². The Labute approximate surface area is 84.8 Å². The lowest BCUT2D eigenvalue weighted by Gasteiger charge is -2.10. The zero-order valence-electron chi connectivity index (χ0n) is 8.77. The Morgan fingerprint density at radius 3 is 2.86 bits per heavy atom. The highest BCUT2D eigenvalue weighted by molar-refractivity contribution is 5.69. The van der Waals surface area contributed by atoms with E-state index in [-0.39, 0.29) is 18.5 Å². The predicted molar refractivity (Wildman–Crippen MR) is 53.6 cm³/mol. The monoisotopic (exact) mass is 198 g/mol. The minimum atomic E-state index is -0.170. The van der Waals surface area contributed by atoms with Crippen LogP contribution in [0.25, 0.3) is 0 Å². The largest absolute Gasteiger partial charge is 0.469 e. The van der Waals surface area contributed by atoms with Gasteiger partial charge in [0.15, 0.2) is 0 Å². The number of allylic oxidation sites excluding steroid dienone is 2. The van der Waals surface area contributed by atoms with Crippen LogP contribution in [0.1, 0.15) is 19.8 Å². The van der Waals surface area contributed by atoms with Crippen LogP contribution in [0.3, 0.4) is 0 Å². The van der Waals surface area contributed by atoms with Crippen molar-refractivity contribution in [1.29, 1.82) is 0 Å². The van der Waals surface area contributed by atoms with Crippen molar-refractivity contribution in [2.24, 2.45) is 17.8 Å². The molecule has 0 aliphatic heterocycles. The summed E-state index contributed by atoms with van der Waals surface area (Å²) in [6.07, 6.45) is 5.46. The van der Waals surface area contributed by atoms with Gasteiger partial charge in [0.25, 0.3) is 0 Å². The highest BCUT2D eigenvalue weighted by Gasteiger charge is 2.41. The van der Waals surface area contributed by atoms with Crippen molar-refractivity contribution < 1.29 is 14.6 Å². The molecule has 1 fully saturated rings. The normalized spacial score (nSPS) is 27.6. The molecule has 0 bridgehead atoms. The van der Waals surface area contributed by atoms with Crippen molar-refractivity contribution in [2.75, 3.05) is 13.7 Å². The van der Waals surface area contributed by atoms with Crippen molar-refractivity contribution in [3.8, 4) is 0 Å². The van der Waals surface area contributed by atoms with Crippen molar-refractivity contribution in [2.45, 2.75) is 19.8 Å². The topological polar surface area (TPSA) is 46.5 Å². The molecule has 0 radical (unpaired) electrons. The van der Waals surface area contributed by atoms with Gasteiger partial charge < -0.3 is 9.84 Å². The standard InChI is InChI=1S/C11H18O3/c1-3-4-8(6-11(13)14-2)10-5-9(10)7-12/h3-4,8-10,12H,5-7H2,1-2H3/b4-3+/t8-,9+,10+/m0/s1. The average Bonchev–Trinajstić information content (AvgIpc) is 2.96. The number of carbonyl (C=O) groups excluding carboxylic acids is 1. The number of hydrogen-bond acceptors (Lipinski definition) is 3. The Bertz CT molecular complexity index is 223. The summed E-state index contributed by atoms with van der Waals surface area (Å²) in [7, 11) is 1.41. The third-order valence-corrected chi connectivity index (χ3v) is 2.83. The van der Waals surface area contributed by atoms with E-state index in [2.05, 4.69) is 4.74 Å². The van der Waals surface area contributed by atoms with E-state index in [0.717, 1.165) is 6.42 Å². The van der Waals surface area contributed by atoms with Gasteiger partial charge in [-0.05, 0) is 31.1 Å². The summed E-state index contributed by atoms with van der Waals surface area (Å²) in [5, 5.41) is 8.94. The zero-order valence-corrected chi connectivity index (χ0v) is 8.77. The lowest BCUT2D eigenvalue weighted by Crippen LogP contribution is -2.11. The van der Waals surface area contributed by atoms with Gasteiger partial charge in [0.05, 0.1) is 13.5 Å². The molecular formula is C11H18O3. The van der Waals surface area contributed by atoms with Crippen molar-refractivity contribution in [3.05, 3.63) is 12.2 Å². The molecule has 1 aliphatic rings. The number of carbonyl (C=O) groups is 1. The first-order chi connectivity index (χ1) is 6.72. The average molecular weight is 198 g/mol. The van der Waals surface area contributed by atoms with Gasteiger partial charge in [0, 0.05) is 6.61 Å². The fourth-order valence-electron chi connectivity index (χ4n) is 1.89. The maximum absolute atomic E-state index is 11.1. The lowest BCUT2D eigenvalue weighted by molar-refractivity contribution is -0.141. The second-order valence-corrected chi connectivity index (χ2v) is 3.81. The molecule has 0 heterocycles. The summed E-state index contributed by atoms with van der Waals surface area (Å²) in [6.45, 7) is 2.18. The fourth-order valence-corrected chi connectivity index (χ4v) is 1.89. The van der Waals surface area contributed by atoms with Crippen LogP contribution in [0.5, 0.6) is 0 Å². The molecule has 0 saturated heterocycles. The summed E-state index contributed by atoms with van der Waals surface area (Å²) in [5.41, 5.74) is 0. The molecule has 1 aliphatic carbocycles. The Kier molecular flexibility index (Phi) is 4.14. The molecule has 1 N–H and O–H groups in total. The molecule has 0 amide bonds. The third-order valence-electron chi connectivity index (χ3n) is 2.83. The molecule has 0 unspecified atom stereocenters. The van der Waals surface area contributed by atoms with Gasteiger partial charge in [-0.3, -0.25) is 4.79 Å². The van der Waals surface area contributed by atoms with Crippen molar-refractivity contribution >= 4 is 5.97 Å². The predicted octanol–water partition coefficient (Wildman–Crippen LogP) is 1.37. The van der Waals surface area contributed by atoms with Crippen LogP contribution in [-0.4, -0.2) is 24.8 Å². The van der Waals surface area contributed by atoms with Gasteiger partial charge in [0.2, 0.25) is 0 Å². The molecule has 3 nitrogen and oxygen atoms in total. The molecule has 0 aromatic heterocycles. The maximum atomic E-state index is 11.1. The highest BCUT2D eigenvalue weighted by atomic mass is 16.5. The molecular weight excluding hydrogens is 180 g/mol. The number of aliphatic hydroxyl groups excluding tert-OH is 1. The molecule has 3 atom stereocenters. The van der Waals surface area contributed by atoms with Crippen molar-refractivity contribution in [1.82, 2.24) is 0 Å². The first-order valence-electron chi connectivity index (χ1n) is 5.03. The van der Waals surface area contributed by atoms with Gasteiger partial charge in [-0.25, -0.2) is 0 Å². The van der Waals surface area contributed by atoms with E-state index >= 15 is 0 Å². The van der Waals surface area contributed by atoms with Gasteiger partial charge in [-0.1, -0.05) is 12.2 Å².